The van der Waals surface area contributed by atoms with E-state index in [1.807, 2.05) is 6.07 Å². The normalized spacial score (nSPS) is 17.9. The first kappa shape index (κ1) is 15.0. The predicted octanol–water partition coefficient (Wildman–Crippen LogP) is 3.93. The molecule has 1 aliphatic carbocycles. The summed E-state index contributed by atoms with van der Waals surface area (Å²) in [6, 6.07) is 5.24. The summed E-state index contributed by atoms with van der Waals surface area (Å²) in [7, 11) is -3.61. The van der Waals surface area contributed by atoms with Gasteiger partial charge in [-0.15, -0.1) is 0 Å². The quantitative estimate of drug-likeness (QED) is 0.475. The zero-order valence-electron chi connectivity index (χ0n) is 9.73. The van der Waals surface area contributed by atoms with Crippen molar-refractivity contribution in [3.8, 4) is 0 Å². The van der Waals surface area contributed by atoms with Crippen LogP contribution in [0.5, 0.6) is 0 Å². The van der Waals surface area contributed by atoms with Crippen LogP contribution in [0.25, 0.3) is 0 Å². The van der Waals surface area contributed by atoms with Crippen molar-refractivity contribution >= 4 is 55.3 Å². The van der Waals surface area contributed by atoms with Gasteiger partial charge in [-0.05, 0) is 76.2 Å². The number of halogens is 2. The maximum atomic E-state index is 12.2. The third-order valence-electron chi connectivity index (χ3n) is 2.94. The minimum absolute atomic E-state index is 0.140. The van der Waals surface area contributed by atoms with E-state index in [1.54, 1.807) is 12.1 Å². The van der Waals surface area contributed by atoms with Crippen LogP contribution in [0, 0.1) is 7.14 Å². The van der Waals surface area contributed by atoms with Crippen molar-refractivity contribution in [1.29, 1.82) is 0 Å². The Morgan fingerprint density at radius 1 is 1.00 bits per heavy atom. The summed E-state index contributed by atoms with van der Waals surface area (Å²) in [5, 5.41) is 0. The Morgan fingerprint density at radius 2 is 1.56 bits per heavy atom. The van der Waals surface area contributed by atoms with Crippen LogP contribution < -0.4 is 0 Å². The van der Waals surface area contributed by atoms with Crippen LogP contribution in [0.15, 0.2) is 23.1 Å². The molecule has 1 aromatic rings. The molecule has 0 spiro atoms. The Morgan fingerprint density at radius 3 is 2.11 bits per heavy atom. The summed E-state index contributed by atoms with van der Waals surface area (Å²) in [6.07, 6.45) is 4.86. The minimum atomic E-state index is -3.61. The summed E-state index contributed by atoms with van der Waals surface area (Å²) in [5.74, 6) is 0. The first-order chi connectivity index (χ1) is 8.47. The molecule has 0 unspecified atom stereocenters. The number of hydrogen-bond donors (Lipinski definition) is 0. The molecule has 0 bridgehead atoms. The first-order valence-electron chi connectivity index (χ1n) is 5.87. The average Bonchev–Trinajstić information content (AvgIpc) is 2.28. The van der Waals surface area contributed by atoms with E-state index >= 15 is 0 Å². The van der Waals surface area contributed by atoms with Crippen molar-refractivity contribution in [2.24, 2.45) is 0 Å². The molecule has 0 N–H and O–H groups in total. The highest BCUT2D eigenvalue weighted by molar-refractivity contribution is 14.1. The van der Waals surface area contributed by atoms with Crippen molar-refractivity contribution in [2.45, 2.75) is 43.1 Å². The molecule has 2 rings (SSSR count). The highest BCUT2D eigenvalue weighted by atomic mass is 127. The molecule has 0 aliphatic heterocycles. The van der Waals surface area contributed by atoms with Gasteiger partial charge in [0.25, 0.3) is 10.1 Å². The molecule has 0 saturated heterocycles. The van der Waals surface area contributed by atoms with Crippen molar-refractivity contribution in [2.75, 3.05) is 0 Å². The Kier molecular flexibility index (Phi) is 5.30. The van der Waals surface area contributed by atoms with Crippen molar-refractivity contribution in [1.82, 2.24) is 0 Å². The third kappa shape index (κ3) is 4.04. The highest BCUT2D eigenvalue weighted by Crippen LogP contribution is 2.26. The SMILES string of the molecule is O=S(=O)(OC1CCCCC1)c1cc(I)cc(I)c1. The summed E-state index contributed by atoms with van der Waals surface area (Å²) in [4.78, 5) is 0.268. The lowest BCUT2D eigenvalue weighted by Crippen LogP contribution is -2.21. The molecule has 1 aromatic carbocycles. The van der Waals surface area contributed by atoms with Crippen LogP contribution in [-0.2, 0) is 14.3 Å². The second kappa shape index (κ2) is 6.36. The molecule has 0 amide bonds. The summed E-state index contributed by atoms with van der Waals surface area (Å²) in [6.45, 7) is 0. The molecule has 100 valence electrons. The maximum Gasteiger partial charge on any atom is 0.297 e. The Bertz CT molecular complexity index is 502. The molecule has 0 aromatic heterocycles. The van der Waals surface area contributed by atoms with Gasteiger partial charge in [-0.25, -0.2) is 0 Å². The molecule has 3 nitrogen and oxygen atoms in total. The van der Waals surface area contributed by atoms with E-state index in [0.717, 1.165) is 32.8 Å². The zero-order chi connectivity index (χ0) is 13.2. The molecule has 1 saturated carbocycles. The van der Waals surface area contributed by atoms with Gasteiger partial charge in [0.15, 0.2) is 0 Å². The number of benzene rings is 1. The van der Waals surface area contributed by atoms with E-state index in [1.165, 1.54) is 6.42 Å². The average molecular weight is 492 g/mol. The van der Waals surface area contributed by atoms with Gasteiger partial charge in [-0.1, -0.05) is 19.3 Å². The van der Waals surface area contributed by atoms with Gasteiger partial charge in [0.05, 0.1) is 11.0 Å². The number of rotatable bonds is 3. The van der Waals surface area contributed by atoms with Crippen molar-refractivity contribution in [3.63, 3.8) is 0 Å². The Hall–Kier alpha value is 0.590. The number of hydrogen-bond acceptors (Lipinski definition) is 3. The fourth-order valence-corrected chi connectivity index (χ4v) is 5.63. The molecular formula is C12H14I2O3S. The lowest BCUT2D eigenvalue weighted by Gasteiger charge is -2.21. The highest BCUT2D eigenvalue weighted by Gasteiger charge is 2.24. The Labute approximate surface area is 135 Å². The van der Waals surface area contributed by atoms with Gasteiger partial charge < -0.3 is 0 Å². The van der Waals surface area contributed by atoms with Gasteiger partial charge in [0.2, 0.25) is 0 Å². The topological polar surface area (TPSA) is 43.4 Å². The van der Waals surface area contributed by atoms with E-state index in [9.17, 15) is 8.42 Å². The molecule has 18 heavy (non-hydrogen) atoms. The van der Waals surface area contributed by atoms with Crippen LogP contribution in [0.4, 0.5) is 0 Å². The van der Waals surface area contributed by atoms with Crippen molar-refractivity contribution < 1.29 is 12.6 Å². The van der Waals surface area contributed by atoms with Gasteiger partial charge >= 0.3 is 0 Å². The van der Waals surface area contributed by atoms with E-state index in [4.69, 9.17) is 4.18 Å². The predicted molar refractivity (Wildman–Crippen MR) is 87.0 cm³/mol. The van der Waals surface area contributed by atoms with E-state index in [-0.39, 0.29) is 11.0 Å². The summed E-state index contributed by atoms with van der Waals surface area (Å²) in [5.41, 5.74) is 0. The van der Waals surface area contributed by atoms with E-state index in [2.05, 4.69) is 45.2 Å². The van der Waals surface area contributed by atoms with Crippen LogP contribution >= 0.6 is 45.2 Å². The lowest BCUT2D eigenvalue weighted by molar-refractivity contribution is 0.162. The Balaban J connectivity index is 2.19. The third-order valence-corrected chi connectivity index (χ3v) is 5.52. The van der Waals surface area contributed by atoms with Crippen LogP contribution in [0.2, 0.25) is 0 Å². The van der Waals surface area contributed by atoms with E-state index in [0.29, 0.717) is 0 Å². The van der Waals surface area contributed by atoms with Gasteiger partial charge in [0, 0.05) is 7.14 Å². The van der Waals surface area contributed by atoms with Gasteiger partial charge in [-0.2, -0.15) is 8.42 Å². The molecule has 6 heteroatoms. The molecular weight excluding hydrogens is 478 g/mol. The van der Waals surface area contributed by atoms with Crippen LogP contribution in [-0.4, -0.2) is 14.5 Å². The van der Waals surface area contributed by atoms with Crippen LogP contribution in [0.1, 0.15) is 32.1 Å². The van der Waals surface area contributed by atoms with Gasteiger partial charge in [0.1, 0.15) is 0 Å². The summed E-state index contributed by atoms with van der Waals surface area (Å²) < 4.78 is 31.5. The molecule has 0 heterocycles. The fraction of sp³-hybridized carbons (Fsp3) is 0.500. The molecule has 0 atom stereocenters. The lowest BCUT2D eigenvalue weighted by atomic mass is 9.98. The first-order valence-corrected chi connectivity index (χ1v) is 9.43. The van der Waals surface area contributed by atoms with Crippen LogP contribution in [0.3, 0.4) is 0 Å². The second-order valence-corrected chi connectivity index (χ2v) is 8.48. The smallest absolute Gasteiger partial charge is 0.263 e. The van der Waals surface area contributed by atoms with E-state index < -0.39 is 10.1 Å². The molecule has 0 radical (unpaired) electrons. The maximum absolute atomic E-state index is 12.2. The monoisotopic (exact) mass is 492 g/mol. The zero-order valence-corrected chi connectivity index (χ0v) is 14.9. The fourth-order valence-electron chi connectivity index (χ4n) is 2.07. The molecule has 1 aliphatic rings. The second-order valence-electron chi connectivity index (χ2n) is 4.42. The van der Waals surface area contributed by atoms with Gasteiger partial charge in [-0.3, -0.25) is 4.18 Å². The standard InChI is InChI=1S/C12H14I2O3S/c13-9-6-10(14)8-12(7-9)18(15,16)17-11-4-2-1-3-5-11/h6-8,11H,1-5H2. The van der Waals surface area contributed by atoms with Crippen molar-refractivity contribution in [3.05, 3.63) is 25.3 Å². The summed E-state index contributed by atoms with van der Waals surface area (Å²) >= 11 is 4.23. The molecule has 1 fully saturated rings. The largest absolute Gasteiger partial charge is 0.297 e. The minimum Gasteiger partial charge on any atom is -0.263 e.